The molecule has 0 radical (unpaired) electrons. The Morgan fingerprint density at radius 1 is 1.16 bits per heavy atom. The second kappa shape index (κ2) is 7.23. The first kappa shape index (κ1) is 14.0. The lowest BCUT2D eigenvalue weighted by molar-refractivity contribution is -0.139. The molecule has 106 valence electrons. The predicted molar refractivity (Wildman–Crippen MR) is 70.6 cm³/mol. The third-order valence-electron chi connectivity index (χ3n) is 3.47. The number of rotatable bonds is 3. The highest BCUT2D eigenvalue weighted by Crippen LogP contribution is 2.14. The van der Waals surface area contributed by atoms with Crippen molar-refractivity contribution in [2.45, 2.75) is 51.0 Å². The van der Waals surface area contributed by atoms with E-state index in [1.807, 2.05) is 0 Å². The van der Waals surface area contributed by atoms with E-state index in [0.29, 0.717) is 6.54 Å². The lowest BCUT2D eigenvalue weighted by Crippen LogP contribution is -2.41. The predicted octanol–water partition coefficient (Wildman–Crippen LogP) is 0.718. The number of hydrogen-bond donors (Lipinski definition) is 2. The van der Waals surface area contributed by atoms with Gasteiger partial charge in [-0.2, -0.15) is 5.10 Å². The van der Waals surface area contributed by atoms with Crippen LogP contribution in [0, 0.1) is 0 Å². The average molecular weight is 267 g/mol. The van der Waals surface area contributed by atoms with Crippen LogP contribution < -0.4 is 10.7 Å². The molecule has 6 heteroatoms. The van der Waals surface area contributed by atoms with Crippen LogP contribution in [-0.2, 0) is 14.3 Å². The maximum atomic E-state index is 11.5. The van der Waals surface area contributed by atoms with Gasteiger partial charge in [0.1, 0.15) is 0 Å². The van der Waals surface area contributed by atoms with Gasteiger partial charge in [0.15, 0.2) is 0 Å². The van der Waals surface area contributed by atoms with Crippen LogP contribution >= 0.6 is 0 Å². The highest BCUT2D eigenvalue weighted by molar-refractivity contribution is 6.35. The number of nitrogens with one attached hydrogen (secondary N) is 2. The van der Waals surface area contributed by atoms with E-state index in [1.165, 1.54) is 6.42 Å². The molecule has 19 heavy (non-hydrogen) atoms. The Morgan fingerprint density at radius 3 is 2.63 bits per heavy atom. The van der Waals surface area contributed by atoms with Crippen molar-refractivity contribution in [3.63, 3.8) is 0 Å². The van der Waals surface area contributed by atoms with Crippen LogP contribution in [0.4, 0.5) is 0 Å². The van der Waals surface area contributed by atoms with Crippen LogP contribution in [0.1, 0.15) is 44.9 Å². The lowest BCUT2D eigenvalue weighted by Gasteiger charge is -2.12. The molecule has 2 rings (SSSR count). The zero-order chi connectivity index (χ0) is 13.5. The molecular weight excluding hydrogens is 246 g/mol. The zero-order valence-electron chi connectivity index (χ0n) is 11.1. The molecule has 0 aromatic carbocycles. The van der Waals surface area contributed by atoms with Crippen molar-refractivity contribution in [2.75, 3.05) is 13.2 Å². The van der Waals surface area contributed by atoms with E-state index in [4.69, 9.17) is 4.74 Å². The van der Waals surface area contributed by atoms with Crippen LogP contribution in [-0.4, -0.2) is 36.8 Å². The number of hydrazone groups is 1. The number of nitrogens with zero attached hydrogens (tertiary/aromatic N) is 1. The Labute approximate surface area is 113 Å². The van der Waals surface area contributed by atoms with Crippen LogP contribution in [0.5, 0.6) is 0 Å². The van der Waals surface area contributed by atoms with Gasteiger partial charge in [-0.05, 0) is 38.5 Å². The molecule has 6 nitrogen and oxygen atoms in total. The summed E-state index contributed by atoms with van der Waals surface area (Å²) in [6, 6.07) is 0. The second-order valence-electron chi connectivity index (χ2n) is 5.02. The van der Waals surface area contributed by atoms with Crippen molar-refractivity contribution in [1.82, 2.24) is 10.7 Å². The second-order valence-corrected chi connectivity index (χ2v) is 5.02. The van der Waals surface area contributed by atoms with E-state index in [2.05, 4.69) is 15.8 Å². The van der Waals surface area contributed by atoms with Gasteiger partial charge in [-0.15, -0.1) is 0 Å². The maximum Gasteiger partial charge on any atom is 0.329 e. The van der Waals surface area contributed by atoms with Gasteiger partial charge in [-0.1, -0.05) is 6.42 Å². The lowest BCUT2D eigenvalue weighted by atomic mass is 9.99. The molecule has 2 amide bonds. The molecule has 1 saturated carbocycles. The van der Waals surface area contributed by atoms with Gasteiger partial charge >= 0.3 is 11.8 Å². The van der Waals surface area contributed by atoms with E-state index in [1.54, 1.807) is 0 Å². The Balaban J connectivity index is 1.68. The van der Waals surface area contributed by atoms with Crippen molar-refractivity contribution >= 4 is 17.5 Å². The molecule has 1 saturated heterocycles. The Hall–Kier alpha value is -1.43. The van der Waals surface area contributed by atoms with E-state index in [9.17, 15) is 9.59 Å². The van der Waals surface area contributed by atoms with Crippen molar-refractivity contribution < 1.29 is 14.3 Å². The number of ether oxygens (including phenoxy) is 1. The third kappa shape index (κ3) is 4.63. The standard InChI is InChI=1S/C13H21N3O3/c17-12(14-9-11-7-4-8-19-11)13(18)16-15-10-5-2-1-3-6-10/h11H,1-9H2,(H,14,17)(H,16,18)/t11-/m0/s1. The first-order valence-electron chi connectivity index (χ1n) is 7.01. The molecule has 2 fully saturated rings. The average Bonchev–Trinajstić information content (AvgIpc) is 2.96. The van der Waals surface area contributed by atoms with Crippen molar-refractivity contribution in [3.05, 3.63) is 0 Å². The maximum absolute atomic E-state index is 11.5. The van der Waals surface area contributed by atoms with Crippen molar-refractivity contribution in [2.24, 2.45) is 5.10 Å². The molecule has 0 spiro atoms. The smallest absolute Gasteiger partial charge is 0.329 e. The van der Waals surface area contributed by atoms with Gasteiger partial charge in [-0.25, -0.2) is 5.43 Å². The normalized spacial score (nSPS) is 22.9. The van der Waals surface area contributed by atoms with Crippen LogP contribution in [0.2, 0.25) is 0 Å². The fourth-order valence-corrected chi connectivity index (χ4v) is 2.34. The topological polar surface area (TPSA) is 79.8 Å². The number of hydrogen-bond acceptors (Lipinski definition) is 4. The summed E-state index contributed by atoms with van der Waals surface area (Å²) < 4.78 is 5.36. The molecule has 1 atom stereocenters. The van der Waals surface area contributed by atoms with Crippen LogP contribution in [0.3, 0.4) is 0 Å². The van der Waals surface area contributed by atoms with Gasteiger partial charge in [0.25, 0.3) is 0 Å². The van der Waals surface area contributed by atoms with Crippen LogP contribution in [0.15, 0.2) is 5.10 Å². The summed E-state index contributed by atoms with van der Waals surface area (Å²) in [4.78, 5) is 23.0. The molecular formula is C13H21N3O3. The summed E-state index contributed by atoms with van der Waals surface area (Å²) in [5.41, 5.74) is 3.30. The quantitative estimate of drug-likeness (QED) is 0.584. The highest BCUT2D eigenvalue weighted by Gasteiger charge is 2.19. The largest absolute Gasteiger partial charge is 0.376 e. The fraction of sp³-hybridized carbons (Fsp3) is 0.769. The highest BCUT2D eigenvalue weighted by atomic mass is 16.5. The fourth-order valence-electron chi connectivity index (χ4n) is 2.34. The van der Waals surface area contributed by atoms with E-state index < -0.39 is 11.8 Å². The number of carbonyl (C=O) groups excluding carboxylic acids is 2. The Bertz CT molecular complexity index is 354. The summed E-state index contributed by atoms with van der Waals surface area (Å²) in [5.74, 6) is -1.34. The summed E-state index contributed by atoms with van der Waals surface area (Å²) >= 11 is 0. The van der Waals surface area contributed by atoms with Gasteiger partial charge in [-0.3, -0.25) is 9.59 Å². The Kier molecular flexibility index (Phi) is 5.32. The van der Waals surface area contributed by atoms with Gasteiger partial charge < -0.3 is 10.1 Å². The van der Waals surface area contributed by atoms with E-state index >= 15 is 0 Å². The minimum Gasteiger partial charge on any atom is -0.376 e. The van der Waals surface area contributed by atoms with Crippen molar-refractivity contribution in [1.29, 1.82) is 0 Å². The summed E-state index contributed by atoms with van der Waals surface area (Å²) in [6.07, 6.45) is 7.26. The molecule has 2 aliphatic rings. The molecule has 0 aromatic rings. The molecule has 1 heterocycles. The Morgan fingerprint density at radius 2 is 1.95 bits per heavy atom. The summed E-state index contributed by atoms with van der Waals surface area (Å²) in [5, 5.41) is 6.58. The zero-order valence-corrected chi connectivity index (χ0v) is 11.1. The first-order chi connectivity index (χ1) is 9.25. The van der Waals surface area contributed by atoms with E-state index in [0.717, 1.165) is 50.8 Å². The summed E-state index contributed by atoms with van der Waals surface area (Å²) in [7, 11) is 0. The molecule has 0 unspecified atom stereocenters. The third-order valence-corrected chi connectivity index (χ3v) is 3.47. The van der Waals surface area contributed by atoms with Crippen molar-refractivity contribution in [3.8, 4) is 0 Å². The van der Waals surface area contributed by atoms with E-state index in [-0.39, 0.29) is 6.10 Å². The van der Waals surface area contributed by atoms with Gasteiger partial charge in [0, 0.05) is 18.9 Å². The first-order valence-corrected chi connectivity index (χ1v) is 7.01. The summed E-state index contributed by atoms with van der Waals surface area (Å²) in [6.45, 7) is 1.13. The number of carbonyl (C=O) groups is 2. The minimum atomic E-state index is -0.698. The SMILES string of the molecule is O=C(NC[C@@H]1CCCO1)C(=O)NN=C1CCCCC1. The molecule has 1 aliphatic heterocycles. The van der Waals surface area contributed by atoms with Gasteiger partial charge in [0.2, 0.25) is 0 Å². The molecule has 1 aliphatic carbocycles. The minimum absolute atomic E-state index is 0.0430. The molecule has 0 bridgehead atoms. The van der Waals surface area contributed by atoms with Gasteiger partial charge in [0.05, 0.1) is 6.10 Å². The number of amides is 2. The monoisotopic (exact) mass is 267 g/mol. The molecule has 2 N–H and O–H groups in total. The van der Waals surface area contributed by atoms with Crippen LogP contribution in [0.25, 0.3) is 0 Å². The molecule has 0 aromatic heterocycles.